The Morgan fingerprint density at radius 3 is 2.71 bits per heavy atom. The maximum absolute atomic E-state index is 9.07. The summed E-state index contributed by atoms with van der Waals surface area (Å²) in [6, 6.07) is 1.90. The van der Waals surface area contributed by atoms with Gasteiger partial charge in [0.1, 0.15) is 11.6 Å². The van der Waals surface area contributed by atoms with Gasteiger partial charge in [0.2, 0.25) is 0 Å². The molecule has 2 N–H and O–H groups in total. The summed E-state index contributed by atoms with van der Waals surface area (Å²) < 4.78 is 0. The maximum Gasteiger partial charge on any atom is 0.129 e. The zero-order valence-electron chi connectivity index (χ0n) is 8.91. The largest absolute Gasteiger partial charge is 0.393 e. The van der Waals surface area contributed by atoms with E-state index in [2.05, 4.69) is 15.3 Å². The van der Waals surface area contributed by atoms with E-state index in [0.717, 1.165) is 30.3 Å². The van der Waals surface area contributed by atoms with E-state index in [1.165, 1.54) is 0 Å². The molecule has 4 nitrogen and oxygen atoms in total. The molecule has 78 valence electrons. The van der Waals surface area contributed by atoms with Crippen LogP contribution in [0.25, 0.3) is 0 Å². The number of aryl methyl sites for hydroxylation is 2. The lowest BCUT2D eigenvalue weighted by molar-refractivity contribution is 0.188. The minimum absolute atomic E-state index is 0.272. The van der Waals surface area contributed by atoms with Crippen LogP contribution >= 0.6 is 0 Å². The van der Waals surface area contributed by atoms with E-state index in [9.17, 15) is 0 Å². The number of aliphatic hydroxyl groups is 1. The third-order valence-corrected chi connectivity index (χ3v) is 1.83. The van der Waals surface area contributed by atoms with Crippen molar-refractivity contribution in [2.45, 2.75) is 33.3 Å². The van der Waals surface area contributed by atoms with Gasteiger partial charge < -0.3 is 10.4 Å². The monoisotopic (exact) mass is 195 g/mol. The van der Waals surface area contributed by atoms with Gasteiger partial charge in [-0.05, 0) is 27.2 Å². The standard InChI is InChI=1S/C10H17N3O/c1-7-6-10(13-9(3)12-7)11-5-4-8(2)14/h6,8,14H,4-5H2,1-3H3,(H,11,12,13)/t8-/m0/s1. The number of nitrogens with zero attached hydrogens (tertiary/aromatic N) is 2. The molecule has 0 spiro atoms. The minimum atomic E-state index is -0.272. The predicted octanol–water partition coefficient (Wildman–Crippen LogP) is 1.28. The number of aromatic nitrogens is 2. The third kappa shape index (κ3) is 3.70. The fourth-order valence-corrected chi connectivity index (χ4v) is 1.22. The van der Waals surface area contributed by atoms with Gasteiger partial charge in [0.25, 0.3) is 0 Å². The second-order valence-corrected chi connectivity index (χ2v) is 3.51. The Balaban J connectivity index is 2.50. The molecule has 1 atom stereocenters. The average Bonchev–Trinajstić information content (AvgIpc) is 2.01. The molecule has 4 heteroatoms. The summed E-state index contributed by atoms with van der Waals surface area (Å²) in [5.41, 5.74) is 0.956. The number of hydrogen-bond acceptors (Lipinski definition) is 4. The molecule has 0 radical (unpaired) electrons. The SMILES string of the molecule is Cc1cc(NCC[C@H](C)O)nc(C)n1. The van der Waals surface area contributed by atoms with Crippen molar-refractivity contribution >= 4 is 5.82 Å². The Morgan fingerprint density at radius 1 is 1.43 bits per heavy atom. The summed E-state index contributed by atoms with van der Waals surface area (Å²) in [7, 11) is 0. The van der Waals surface area contributed by atoms with Crippen LogP contribution in [0.2, 0.25) is 0 Å². The van der Waals surface area contributed by atoms with E-state index in [4.69, 9.17) is 5.11 Å². The number of nitrogens with one attached hydrogen (secondary N) is 1. The number of rotatable bonds is 4. The summed E-state index contributed by atoms with van der Waals surface area (Å²) in [4.78, 5) is 8.40. The van der Waals surface area contributed by atoms with E-state index in [1.807, 2.05) is 19.9 Å². The van der Waals surface area contributed by atoms with Crippen molar-refractivity contribution in [2.24, 2.45) is 0 Å². The van der Waals surface area contributed by atoms with Gasteiger partial charge in [0.15, 0.2) is 0 Å². The van der Waals surface area contributed by atoms with Gasteiger partial charge in [-0.15, -0.1) is 0 Å². The first-order valence-corrected chi connectivity index (χ1v) is 4.82. The highest BCUT2D eigenvalue weighted by Gasteiger charge is 1.99. The fraction of sp³-hybridized carbons (Fsp3) is 0.600. The Hall–Kier alpha value is -1.16. The van der Waals surface area contributed by atoms with Crippen molar-refractivity contribution in [3.05, 3.63) is 17.6 Å². The van der Waals surface area contributed by atoms with Crippen LogP contribution in [-0.2, 0) is 0 Å². The molecule has 0 bridgehead atoms. The Labute approximate surface area is 84.4 Å². The predicted molar refractivity (Wildman–Crippen MR) is 56.3 cm³/mol. The van der Waals surface area contributed by atoms with E-state index >= 15 is 0 Å². The van der Waals surface area contributed by atoms with Crippen LogP contribution in [0, 0.1) is 13.8 Å². The van der Waals surface area contributed by atoms with Crippen molar-refractivity contribution in [1.29, 1.82) is 0 Å². The van der Waals surface area contributed by atoms with E-state index in [1.54, 1.807) is 6.92 Å². The molecule has 0 aliphatic carbocycles. The number of hydrogen-bond donors (Lipinski definition) is 2. The number of aliphatic hydroxyl groups excluding tert-OH is 1. The van der Waals surface area contributed by atoms with Crippen LogP contribution in [0.4, 0.5) is 5.82 Å². The first-order valence-electron chi connectivity index (χ1n) is 4.82. The van der Waals surface area contributed by atoms with Crippen molar-refractivity contribution in [3.8, 4) is 0 Å². The number of anilines is 1. The van der Waals surface area contributed by atoms with Crippen molar-refractivity contribution in [1.82, 2.24) is 9.97 Å². The Bertz CT molecular complexity index is 279. The molecule has 0 saturated carbocycles. The molecule has 0 unspecified atom stereocenters. The topological polar surface area (TPSA) is 58.0 Å². The molecule has 1 aromatic heterocycles. The summed E-state index contributed by atoms with van der Waals surface area (Å²) in [5.74, 6) is 1.60. The zero-order chi connectivity index (χ0) is 10.6. The van der Waals surface area contributed by atoms with Crippen LogP contribution in [0.1, 0.15) is 24.9 Å². The second-order valence-electron chi connectivity index (χ2n) is 3.51. The maximum atomic E-state index is 9.07. The highest BCUT2D eigenvalue weighted by atomic mass is 16.3. The van der Waals surface area contributed by atoms with Gasteiger partial charge in [0.05, 0.1) is 6.10 Å². The van der Waals surface area contributed by atoms with Crippen molar-refractivity contribution in [3.63, 3.8) is 0 Å². The first-order chi connectivity index (χ1) is 6.58. The molecule has 1 rings (SSSR count). The molecule has 0 aromatic carbocycles. The smallest absolute Gasteiger partial charge is 0.129 e. The lowest BCUT2D eigenvalue weighted by atomic mass is 10.3. The van der Waals surface area contributed by atoms with E-state index < -0.39 is 0 Å². The van der Waals surface area contributed by atoms with Gasteiger partial charge in [-0.2, -0.15) is 0 Å². The molecule has 0 aliphatic rings. The molecule has 0 aliphatic heterocycles. The molecule has 14 heavy (non-hydrogen) atoms. The lowest BCUT2D eigenvalue weighted by Gasteiger charge is -2.08. The molecule has 1 heterocycles. The van der Waals surface area contributed by atoms with Crippen LogP contribution in [0.5, 0.6) is 0 Å². The van der Waals surface area contributed by atoms with Gasteiger partial charge in [-0.3, -0.25) is 0 Å². The molecular formula is C10H17N3O. The van der Waals surface area contributed by atoms with Crippen LogP contribution in [0.15, 0.2) is 6.07 Å². The fourth-order valence-electron chi connectivity index (χ4n) is 1.22. The molecule has 0 saturated heterocycles. The highest BCUT2D eigenvalue weighted by Crippen LogP contribution is 2.05. The summed E-state index contributed by atoms with van der Waals surface area (Å²) >= 11 is 0. The van der Waals surface area contributed by atoms with Gasteiger partial charge in [-0.25, -0.2) is 9.97 Å². The molecular weight excluding hydrogens is 178 g/mol. The van der Waals surface area contributed by atoms with Crippen LogP contribution in [0.3, 0.4) is 0 Å². The lowest BCUT2D eigenvalue weighted by Crippen LogP contribution is -2.11. The summed E-state index contributed by atoms with van der Waals surface area (Å²) in [5, 5.41) is 12.2. The zero-order valence-corrected chi connectivity index (χ0v) is 8.91. The van der Waals surface area contributed by atoms with Crippen molar-refractivity contribution < 1.29 is 5.11 Å². The summed E-state index contributed by atoms with van der Waals surface area (Å²) in [6.45, 7) is 6.31. The third-order valence-electron chi connectivity index (χ3n) is 1.83. The van der Waals surface area contributed by atoms with Gasteiger partial charge in [0, 0.05) is 18.3 Å². The average molecular weight is 195 g/mol. The highest BCUT2D eigenvalue weighted by molar-refractivity contribution is 5.35. The van der Waals surface area contributed by atoms with E-state index in [0.29, 0.717) is 0 Å². The Kier molecular flexibility index (Phi) is 3.83. The van der Waals surface area contributed by atoms with Crippen LogP contribution < -0.4 is 5.32 Å². The first kappa shape index (κ1) is 10.9. The van der Waals surface area contributed by atoms with Crippen molar-refractivity contribution in [2.75, 3.05) is 11.9 Å². The molecule has 0 amide bonds. The second kappa shape index (κ2) is 4.91. The Morgan fingerprint density at radius 2 is 2.14 bits per heavy atom. The van der Waals surface area contributed by atoms with Gasteiger partial charge in [-0.1, -0.05) is 0 Å². The normalized spacial score (nSPS) is 12.6. The molecule has 0 fully saturated rings. The van der Waals surface area contributed by atoms with E-state index in [-0.39, 0.29) is 6.10 Å². The van der Waals surface area contributed by atoms with Gasteiger partial charge >= 0.3 is 0 Å². The van der Waals surface area contributed by atoms with Crippen LogP contribution in [-0.4, -0.2) is 27.7 Å². The molecule has 1 aromatic rings. The minimum Gasteiger partial charge on any atom is -0.393 e. The quantitative estimate of drug-likeness (QED) is 0.759. The summed E-state index contributed by atoms with van der Waals surface area (Å²) in [6.07, 6.45) is 0.453.